The molecule has 0 saturated carbocycles. The smallest absolute Gasteiger partial charge is 0.307 e. The lowest BCUT2D eigenvalue weighted by Gasteiger charge is -2.23. The third-order valence-corrected chi connectivity index (χ3v) is 6.17. The van der Waals surface area contributed by atoms with E-state index < -0.39 is 11.2 Å². The Labute approximate surface area is 172 Å². The molecule has 148 valence electrons. The number of amides is 1. The van der Waals surface area contributed by atoms with Crippen molar-refractivity contribution in [2.45, 2.75) is 16.9 Å². The van der Waals surface area contributed by atoms with Crippen LogP contribution in [0.5, 0.6) is 11.5 Å². The third-order valence-electron chi connectivity index (χ3n) is 4.44. The zero-order valence-corrected chi connectivity index (χ0v) is 17.2. The first-order valence-electron chi connectivity index (χ1n) is 8.52. The molecule has 2 aromatic rings. The predicted octanol–water partition coefficient (Wildman–Crippen LogP) is 4.06. The number of hydrogen-bond donors (Lipinski definition) is 1. The lowest BCUT2D eigenvalue weighted by atomic mass is 10.0. The number of carbonyl (C=O) groups excluding carboxylic acids is 2. The van der Waals surface area contributed by atoms with Gasteiger partial charge in [-0.25, -0.2) is 0 Å². The fourth-order valence-corrected chi connectivity index (χ4v) is 4.71. The highest BCUT2D eigenvalue weighted by molar-refractivity contribution is 8.01. The molecule has 1 aliphatic rings. The number of nitrogens with one attached hydrogen (secondary N) is 1. The number of benzene rings is 2. The molecule has 2 atom stereocenters. The average molecular weight is 422 g/mol. The number of ether oxygens (including phenoxy) is 3. The van der Waals surface area contributed by atoms with Crippen molar-refractivity contribution in [3.05, 3.63) is 52.5 Å². The normalized spacial score (nSPS) is 18.5. The zero-order valence-electron chi connectivity index (χ0n) is 15.7. The van der Waals surface area contributed by atoms with Crippen LogP contribution < -0.4 is 14.8 Å². The Morgan fingerprint density at radius 3 is 2.61 bits per heavy atom. The maximum absolute atomic E-state index is 12.7. The second kappa shape index (κ2) is 8.75. The average Bonchev–Trinajstić information content (AvgIpc) is 2.83. The van der Waals surface area contributed by atoms with Gasteiger partial charge >= 0.3 is 5.97 Å². The van der Waals surface area contributed by atoms with Crippen LogP contribution in [0.3, 0.4) is 0 Å². The molecule has 0 fully saturated rings. The summed E-state index contributed by atoms with van der Waals surface area (Å²) < 4.78 is 15.8. The molecule has 2 aromatic carbocycles. The van der Waals surface area contributed by atoms with Gasteiger partial charge in [0.25, 0.3) is 0 Å². The first kappa shape index (κ1) is 20.4. The highest BCUT2D eigenvalue weighted by Crippen LogP contribution is 2.49. The summed E-state index contributed by atoms with van der Waals surface area (Å²) in [6.45, 7) is 0. The summed E-state index contributed by atoms with van der Waals surface area (Å²) >= 11 is 7.59. The van der Waals surface area contributed by atoms with Gasteiger partial charge in [0, 0.05) is 16.3 Å². The minimum atomic E-state index is -0.639. The molecule has 3 rings (SSSR count). The van der Waals surface area contributed by atoms with E-state index in [-0.39, 0.29) is 17.6 Å². The van der Waals surface area contributed by atoms with Crippen LogP contribution in [-0.2, 0) is 14.3 Å². The molecule has 1 aliphatic heterocycles. The number of para-hydroxylation sites is 1. The largest absolute Gasteiger partial charge is 0.493 e. The molecule has 0 saturated heterocycles. The maximum Gasteiger partial charge on any atom is 0.307 e. The van der Waals surface area contributed by atoms with Crippen LogP contribution in [0, 0.1) is 0 Å². The van der Waals surface area contributed by atoms with E-state index >= 15 is 0 Å². The Bertz CT molecular complexity index is 904. The van der Waals surface area contributed by atoms with Gasteiger partial charge in [-0.15, -0.1) is 11.8 Å². The molecule has 1 amide bonds. The Morgan fingerprint density at radius 1 is 1.14 bits per heavy atom. The van der Waals surface area contributed by atoms with Crippen LogP contribution >= 0.6 is 23.4 Å². The van der Waals surface area contributed by atoms with Crippen LogP contribution in [0.15, 0.2) is 36.4 Å². The second-order valence-corrected chi connectivity index (χ2v) is 7.84. The van der Waals surface area contributed by atoms with Crippen molar-refractivity contribution in [1.29, 1.82) is 0 Å². The van der Waals surface area contributed by atoms with Crippen molar-refractivity contribution in [2.75, 3.05) is 26.6 Å². The van der Waals surface area contributed by atoms with Gasteiger partial charge in [-0.05, 0) is 29.8 Å². The van der Waals surface area contributed by atoms with Gasteiger partial charge in [-0.2, -0.15) is 0 Å². The van der Waals surface area contributed by atoms with Crippen molar-refractivity contribution >= 4 is 40.9 Å². The van der Waals surface area contributed by atoms with E-state index in [0.29, 0.717) is 22.2 Å². The van der Waals surface area contributed by atoms with Crippen molar-refractivity contribution < 1.29 is 23.8 Å². The molecule has 0 aromatic heterocycles. The van der Waals surface area contributed by atoms with Gasteiger partial charge in [0.15, 0.2) is 11.5 Å². The highest BCUT2D eigenvalue weighted by atomic mass is 35.5. The van der Waals surface area contributed by atoms with E-state index in [4.69, 9.17) is 25.8 Å². The third kappa shape index (κ3) is 4.05. The van der Waals surface area contributed by atoms with E-state index in [9.17, 15) is 9.59 Å². The van der Waals surface area contributed by atoms with Crippen molar-refractivity contribution in [3.8, 4) is 11.5 Å². The molecular weight excluding hydrogens is 402 g/mol. The van der Waals surface area contributed by atoms with Crippen molar-refractivity contribution in [1.82, 2.24) is 0 Å². The molecule has 0 spiro atoms. The molecule has 0 radical (unpaired) electrons. The fourth-order valence-electron chi connectivity index (χ4n) is 3.11. The summed E-state index contributed by atoms with van der Waals surface area (Å²) in [6.07, 6.45) is -0.0441. The van der Waals surface area contributed by atoms with Gasteiger partial charge in [-0.1, -0.05) is 23.7 Å². The molecule has 1 N–H and O–H groups in total. The van der Waals surface area contributed by atoms with Crippen LogP contribution in [0.1, 0.15) is 22.8 Å². The second-order valence-electron chi connectivity index (χ2n) is 6.09. The summed E-state index contributed by atoms with van der Waals surface area (Å²) in [4.78, 5) is 24.6. The van der Waals surface area contributed by atoms with Gasteiger partial charge in [0.2, 0.25) is 5.91 Å². The number of thioether (sulfide) groups is 1. The Kier molecular flexibility index (Phi) is 6.36. The van der Waals surface area contributed by atoms with Gasteiger partial charge in [0.05, 0.1) is 38.3 Å². The highest BCUT2D eigenvalue weighted by Gasteiger charge is 2.35. The van der Waals surface area contributed by atoms with Crippen molar-refractivity contribution in [3.63, 3.8) is 0 Å². The quantitative estimate of drug-likeness (QED) is 0.734. The lowest BCUT2D eigenvalue weighted by molar-refractivity contribution is -0.141. The number of rotatable bonds is 5. The number of anilines is 1. The topological polar surface area (TPSA) is 73.9 Å². The number of methoxy groups -OCH3 is 3. The van der Waals surface area contributed by atoms with Crippen molar-refractivity contribution in [2.24, 2.45) is 0 Å². The van der Waals surface area contributed by atoms with E-state index in [1.807, 2.05) is 18.2 Å². The van der Waals surface area contributed by atoms with Crippen LogP contribution in [0.2, 0.25) is 5.02 Å². The summed E-state index contributed by atoms with van der Waals surface area (Å²) in [5, 5.41) is 2.49. The zero-order chi connectivity index (χ0) is 20.3. The van der Waals surface area contributed by atoms with E-state index in [2.05, 4.69) is 5.32 Å². The minimum Gasteiger partial charge on any atom is -0.493 e. The van der Waals surface area contributed by atoms with Crippen LogP contribution in [-0.4, -0.2) is 38.5 Å². The fraction of sp³-hybridized carbons (Fsp3) is 0.300. The maximum atomic E-state index is 12.7. The molecule has 6 nitrogen and oxygen atoms in total. The first-order valence-corrected chi connectivity index (χ1v) is 9.84. The number of hydrogen-bond acceptors (Lipinski definition) is 6. The number of halogens is 1. The summed E-state index contributed by atoms with van der Waals surface area (Å²) in [6, 6.07) is 10.9. The number of esters is 1. The first-order chi connectivity index (χ1) is 13.5. The van der Waals surface area contributed by atoms with Gasteiger partial charge in [-0.3, -0.25) is 9.59 Å². The molecule has 0 bridgehead atoms. The summed E-state index contributed by atoms with van der Waals surface area (Å²) in [5.74, 6) is 0.438. The van der Waals surface area contributed by atoms with E-state index in [0.717, 1.165) is 11.1 Å². The van der Waals surface area contributed by atoms with Crippen LogP contribution in [0.25, 0.3) is 0 Å². The van der Waals surface area contributed by atoms with Gasteiger partial charge < -0.3 is 19.5 Å². The van der Waals surface area contributed by atoms with E-state index in [1.54, 1.807) is 32.4 Å². The Balaban J connectivity index is 2.15. The molecule has 8 heteroatoms. The summed E-state index contributed by atoms with van der Waals surface area (Å²) in [5.41, 5.74) is 2.29. The number of fused-ring (bicyclic) bond motifs is 1. The molecular formula is C20H20ClNO5S. The predicted molar refractivity (Wildman–Crippen MR) is 109 cm³/mol. The Morgan fingerprint density at radius 2 is 1.93 bits per heavy atom. The summed E-state index contributed by atoms with van der Waals surface area (Å²) in [7, 11) is 4.44. The minimum absolute atomic E-state index is 0.0441. The van der Waals surface area contributed by atoms with Gasteiger partial charge in [0.1, 0.15) is 0 Å². The molecule has 1 heterocycles. The molecule has 0 aliphatic carbocycles. The number of carbonyl (C=O) groups is 2. The van der Waals surface area contributed by atoms with Crippen LogP contribution in [0.4, 0.5) is 5.69 Å². The molecule has 28 heavy (non-hydrogen) atoms. The molecule has 0 unspecified atom stereocenters. The SMILES string of the molecule is COC(=O)C[C@H]1S[C@@H](c2cccc(OC)c2OC)c2cc(Cl)ccc2NC1=O. The standard InChI is InChI=1S/C20H20ClNO5S/c1-25-15-6-4-5-12(18(15)27-3)19-13-9-11(21)7-8-14(13)22-20(24)16(28-19)10-17(23)26-2/h4-9,16,19H,10H2,1-3H3,(H,22,24)/t16-,19+/m1/s1. The monoisotopic (exact) mass is 421 g/mol. The Hall–Kier alpha value is -2.38. The van der Waals surface area contributed by atoms with E-state index in [1.165, 1.54) is 18.9 Å². The lowest BCUT2D eigenvalue weighted by Crippen LogP contribution is -2.27.